The van der Waals surface area contributed by atoms with Crippen LogP contribution in [-0.2, 0) is 0 Å². The van der Waals surface area contributed by atoms with Crippen molar-refractivity contribution in [3.8, 4) is 16.9 Å². The summed E-state index contributed by atoms with van der Waals surface area (Å²) in [5.41, 5.74) is 8.69. The fourth-order valence-corrected chi connectivity index (χ4v) is 6.19. The highest BCUT2D eigenvalue weighted by atomic mass is 35.5. The third-order valence-electron chi connectivity index (χ3n) is 7.94. The molecule has 40 heavy (non-hydrogen) atoms. The number of halogens is 3. The molecule has 0 aliphatic carbocycles. The number of hydrogen-bond acceptors (Lipinski definition) is 6. The molecule has 0 bridgehead atoms. The average Bonchev–Trinajstić information content (AvgIpc) is 2.96. The molecule has 3 aromatic rings. The number of pyridine rings is 1. The maximum absolute atomic E-state index is 14.0. The Labute approximate surface area is 244 Å². The number of nitrogen functional groups attached to an aromatic ring is 1. The van der Waals surface area contributed by atoms with E-state index in [1.54, 1.807) is 19.2 Å². The van der Waals surface area contributed by atoms with Gasteiger partial charge in [0.25, 0.3) is 5.91 Å². The van der Waals surface area contributed by atoms with Crippen LogP contribution in [-0.4, -0.2) is 77.9 Å². The minimum atomic E-state index is -0.671. The van der Waals surface area contributed by atoms with Crippen LogP contribution in [0.3, 0.4) is 0 Å². The van der Waals surface area contributed by atoms with Crippen LogP contribution in [0.5, 0.6) is 5.75 Å². The van der Waals surface area contributed by atoms with Crippen molar-refractivity contribution in [3.63, 3.8) is 0 Å². The van der Waals surface area contributed by atoms with Gasteiger partial charge in [0.15, 0.2) is 11.6 Å². The van der Waals surface area contributed by atoms with E-state index in [0.29, 0.717) is 27.9 Å². The van der Waals surface area contributed by atoms with Gasteiger partial charge in [-0.3, -0.25) is 9.69 Å². The van der Waals surface area contributed by atoms with Gasteiger partial charge in [0, 0.05) is 60.1 Å². The molecule has 2 N–H and O–H groups in total. The van der Waals surface area contributed by atoms with Crippen LogP contribution in [0, 0.1) is 5.82 Å². The van der Waals surface area contributed by atoms with Crippen LogP contribution < -0.4 is 10.5 Å². The molecule has 3 heterocycles. The summed E-state index contributed by atoms with van der Waals surface area (Å²) in [5, 5.41) is 0.205. The Balaban J connectivity index is 1.24. The van der Waals surface area contributed by atoms with Crippen LogP contribution in [0.15, 0.2) is 48.7 Å². The molecule has 7 nitrogen and oxygen atoms in total. The van der Waals surface area contributed by atoms with E-state index in [4.69, 9.17) is 33.7 Å². The van der Waals surface area contributed by atoms with Crippen molar-refractivity contribution < 1.29 is 13.9 Å². The number of hydrogen-bond donors (Lipinski definition) is 1. The van der Waals surface area contributed by atoms with E-state index in [1.807, 2.05) is 29.2 Å². The Morgan fingerprint density at radius 1 is 1.02 bits per heavy atom. The fourth-order valence-electron chi connectivity index (χ4n) is 5.51. The van der Waals surface area contributed by atoms with E-state index in [2.05, 4.69) is 21.8 Å². The van der Waals surface area contributed by atoms with Crippen LogP contribution in [0.1, 0.15) is 41.8 Å². The molecule has 5 rings (SSSR count). The van der Waals surface area contributed by atoms with Gasteiger partial charge in [-0.1, -0.05) is 35.3 Å². The quantitative estimate of drug-likeness (QED) is 0.370. The van der Waals surface area contributed by atoms with Crippen molar-refractivity contribution in [2.75, 3.05) is 52.0 Å². The fraction of sp³-hybridized carbons (Fsp3) is 0.400. The molecule has 10 heteroatoms. The lowest BCUT2D eigenvalue weighted by Gasteiger charge is -2.42. The number of carbonyl (C=O) groups is 1. The Hall–Kier alpha value is -2.91. The monoisotopic (exact) mass is 585 g/mol. The summed E-state index contributed by atoms with van der Waals surface area (Å²) < 4.78 is 20.0. The number of amides is 1. The van der Waals surface area contributed by atoms with Gasteiger partial charge in [-0.15, -0.1) is 0 Å². The SMILES string of the molecule is CC(Oc1cc(-c2ccc(C(=O)N3CCN(C4CCN(C)CC4)CC3)cc2)cnc1N)c1c(Cl)ccc(F)c1Cl. The first-order chi connectivity index (χ1) is 19.2. The van der Waals surface area contributed by atoms with Gasteiger partial charge < -0.3 is 20.3 Å². The first-order valence-electron chi connectivity index (χ1n) is 13.6. The van der Waals surface area contributed by atoms with E-state index in [-0.39, 0.29) is 16.7 Å². The largest absolute Gasteiger partial charge is 0.482 e. The van der Waals surface area contributed by atoms with Crippen molar-refractivity contribution in [2.24, 2.45) is 0 Å². The molecule has 0 radical (unpaired) electrons. The molecule has 1 aromatic heterocycles. The number of aromatic nitrogens is 1. The van der Waals surface area contributed by atoms with E-state index in [1.165, 1.54) is 25.0 Å². The molecule has 2 saturated heterocycles. The van der Waals surface area contributed by atoms with Crippen LogP contribution in [0.25, 0.3) is 11.1 Å². The Morgan fingerprint density at radius 3 is 2.38 bits per heavy atom. The van der Waals surface area contributed by atoms with E-state index in [0.717, 1.165) is 50.4 Å². The summed E-state index contributed by atoms with van der Waals surface area (Å²) in [6.45, 7) is 7.32. The lowest BCUT2D eigenvalue weighted by Crippen LogP contribution is -2.54. The maximum Gasteiger partial charge on any atom is 0.253 e. The van der Waals surface area contributed by atoms with Crippen molar-refractivity contribution in [1.82, 2.24) is 19.7 Å². The maximum atomic E-state index is 14.0. The summed E-state index contributed by atoms with van der Waals surface area (Å²) in [6.07, 6.45) is 3.37. The second kappa shape index (κ2) is 12.3. The number of piperidine rings is 1. The van der Waals surface area contributed by atoms with Crippen LogP contribution in [0.4, 0.5) is 10.2 Å². The first kappa shape index (κ1) is 28.6. The molecule has 212 valence electrons. The minimum absolute atomic E-state index is 0.0479. The van der Waals surface area contributed by atoms with Gasteiger partial charge in [0.2, 0.25) is 0 Å². The number of ether oxygens (including phenoxy) is 1. The molecule has 0 saturated carbocycles. The molecule has 1 amide bonds. The molecular weight excluding hydrogens is 552 g/mol. The van der Waals surface area contributed by atoms with Crippen molar-refractivity contribution in [3.05, 3.63) is 75.7 Å². The summed E-state index contributed by atoms with van der Waals surface area (Å²) in [7, 11) is 2.18. The number of likely N-dealkylation sites (tertiary alicyclic amines) is 1. The number of benzene rings is 2. The summed E-state index contributed by atoms with van der Waals surface area (Å²) >= 11 is 12.4. The van der Waals surface area contributed by atoms with Crippen LogP contribution >= 0.6 is 23.2 Å². The van der Waals surface area contributed by atoms with Gasteiger partial charge in [0.1, 0.15) is 11.9 Å². The Kier molecular flexibility index (Phi) is 8.80. The van der Waals surface area contributed by atoms with Crippen molar-refractivity contribution >= 4 is 34.9 Å². The molecule has 2 aliphatic rings. The highest BCUT2D eigenvalue weighted by Crippen LogP contribution is 2.37. The summed E-state index contributed by atoms with van der Waals surface area (Å²) in [4.78, 5) is 24.4. The van der Waals surface area contributed by atoms with Gasteiger partial charge in [0.05, 0.1) is 5.02 Å². The van der Waals surface area contributed by atoms with Crippen LogP contribution in [0.2, 0.25) is 10.0 Å². The highest BCUT2D eigenvalue weighted by Gasteiger charge is 2.28. The topological polar surface area (TPSA) is 74.9 Å². The van der Waals surface area contributed by atoms with Gasteiger partial charge in [-0.2, -0.15) is 0 Å². The predicted molar refractivity (Wildman–Crippen MR) is 158 cm³/mol. The zero-order valence-corrected chi connectivity index (χ0v) is 24.3. The van der Waals surface area contributed by atoms with Gasteiger partial charge in [-0.05, 0) is 75.8 Å². The summed E-state index contributed by atoms with van der Waals surface area (Å²) in [5.74, 6) is -0.0219. The number of piperazine rings is 1. The minimum Gasteiger partial charge on any atom is -0.482 e. The third-order valence-corrected chi connectivity index (χ3v) is 8.66. The second-order valence-corrected chi connectivity index (χ2v) is 11.3. The van der Waals surface area contributed by atoms with Gasteiger partial charge >= 0.3 is 0 Å². The van der Waals surface area contributed by atoms with E-state index < -0.39 is 11.9 Å². The van der Waals surface area contributed by atoms with Crippen molar-refractivity contribution in [1.29, 1.82) is 0 Å². The molecule has 1 unspecified atom stereocenters. The molecule has 1 atom stereocenters. The normalized spacial score (nSPS) is 18.1. The zero-order valence-electron chi connectivity index (χ0n) is 22.7. The van der Waals surface area contributed by atoms with Gasteiger partial charge in [-0.25, -0.2) is 9.37 Å². The van der Waals surface area contributed by atoms with E-state index in [9.17, 15) is 9.18 Å². The standard InChI is InChI=1S/C30H34Cl2FN5O2/c1-19(27-24(31)7-8-25(33)28(27)32)40-26-17-22(18-35-29(26)34)20-3-5-21(6-4-20)30(39)38-15-13-37(14-16-38)23-9-11-36(2)12-10-23/h3-8,17-19,23H,9-16H2,1-2H3,(H2,34,35). The third kappa shape index (κ3) is 6.20. The molecule has 2 aliphatic heterocycles. The molecule has 0 spiro atoms. The smallest absolute Gasteiger partial charge is 0.253 e. The number of carbonyl (C=O) groups excluding carboxylic acids is 1. The Bertz CT molecular complexity index is 1360. The molecular formula is C30H34Cl2FN5O2. The lowest BCUT2D eigenvalue weighted by atomic mass is 10.0. The number of rotatable bonds is 6. The molecule has 2 aromatic carbocycles. The van der Waals surface area contributed by atoms with Crippen molar-refractivity contribution in [2.45, 2.75) is 31.9 Å². The number of anilines is 1. The zero-order chi connectivity index (χ0) is 28.4. The van der Waals surface area contributed by atoms with E-state index >= 15 is 0 Å². The number of nitrogens with zero attached hydrogens (tertiary/aromatic N) is 4. The summed E-state index contributed by atoms with van der Waals surface area (Å²) in [6, 6.07) is 12.5. The average molecular weight is 587 g/mol. The second-order valence-electron chi connectivity index (χ2n) is 10.6. The first-order valence-corrected chi connectivity index (χ1v) is 14.3. The highest BCUT2D eigenvalue weighted by molar-refractivity contribution is 6.36. The lowest BCUT2D eigenvalue weighted by molar-refractivity contribution is 0.0475. The Morgan fingerprint density at radius 2 is 1.70 bits per heavy atom. The predicted octanol–water partition coefficient (Wildman–Crippen LogP) is 5.77. The number of nitrogens with two attached hydrogens (primary N) is 1. The molecule has 2 fully saturated rings.